The lowest BCUT2D eigenvalue weighted by Gasteiger charge is -2.10. The van der Waals surface area contributed by atoms with Gasteiger partial charge in [0.1, 0.15) is 0 Å². The molecule has 8 nitrogen and oxygen atoms in total. The van der Waals surface area contributed by atoms with Gasteiger partial charge in [0, 0.05) is 23.7 Å². The maximum absolute atomic E-state index is 12.6. The Morgan fingerprint density at radius 3 is 2.56 bits per heavy atom. The van der Waals surface area contributed by atoms with Crippen molar-refractivity contribution in [2.24, 2.45) is 5.73 Å². The quantitative estimate of drug-likeness (QED) is 0.644. The van der Waals surface area contributed by atoms with E-state index in [1.165, 1.54) is 0 Å². The van der Waals surface area contributed by atoms with Crippen molar-refractivity contribution in [3.63, 3.8) is 0 Å². The van der Waals surface area contributed by atoms with Crippen molar-refractivity contribution in [1.29, 1.82) is 0 Å². The third kappa shape index (κ3) is 4.05. The number of rotatable bonds is 5. The highest BCUT2D eigenvalue weighted by atomic mass is 16.2. The first-order valence-corrected chi connectivity index (χ1v) is 8.63. The molecule has 0 aliphatic rings. The summed E-state index contributed by atoms with van der Waals surface area (Å²) in [6.45, 7) is 6.25. The van der Waals surface area contributed by atoms with Crippen molar-refractivity contribution in [2.45, 2.75) is 33.4 Å². The van der Waals surface area contributed by atoms with Gasteiger partial charge in [0.25, 0.3) is 5.91 Å². The monoisotopic (exact) mass is 366 g/mol. The summed E-state index contributed by atoms with van der Waals surface area (Å²) in [5.74, 6) is -0.196. The summed E-state index contributed by atoms with van der Waals surface area (Å²) in [5.41, 5.74) is 8.54. The lowest BCUT2D eigenvalue weighted by Crippen LogP contribution is -2.24. The van der Waals surface area contributed by atoms with E-state index >= 15 is 0 Å². The van der Waals surface area contributed by atoms with Crippen molar-refractivity contribution < 1.29 is 9.59 Å². The van der Waals surface area contributed by atoms with Crippen LogP contribution in [0.15, 0.2) is 36.5 Å². The molecular weight excluding hydrogens is 344 g/mol. The highest BCUT2D eigenvalue weighted by Crippen LogP contribution is 2.19. The van der Waals surface area contributed by atoms with E-state index < -0.39 is 6.03 Å². The second kappa shape index (κ2) is 7.45. The standard InChI is InChI=1S/C19H22N6O2/c1-11(2)25-17-14(10-22-25)8-16(12(3)23-17)18(26)21-9-13-4-6-15(7-5-13)24-19(20)27/h4-8,10-11H,9H2,1-3H3,(H,21,26)(H3,20,24,27). The first kappa shape index (κ1) is 18.4. The highest BCUT2D eigenvalue weighted by Gasteiger charge is 2.15. The number of urea groups is 1. The number of carbonyl (C=O) groups excluding carboxylic acids is 2. The lowest BCUT2D eigenvalue weighted by molar-refractivity contribution is 0.0950. The van der Waals surface area contributed by atoms with Crippen LogP contribution in [0, 0.1) is 6.92 Å². The minimum atomic E-state index is -0.616. The molecule has 3 rings (SSSR count). The Hall–Kier alpha value is -3.42. The van der Waals surface area contributed by atoms with Crippen molar-refractivity contribution in [3.05, 3.63) is 53.3 Å². The molecule has 140 valence electrons. The number of carbonyl (C=O) groups is 2. The molecule has 2 heterocycles. The Bertz CT molecular complexity index is 991. The normalized spacial score (nSPS) is 11.0. The molecule has 3 amide bonds. The molecule has 0 saturated carbocycles. The minimum absolute atomic E-state index is 0.195. The third-order valence-corrected chi connectivity index (χ3v) is 4.17. The smallest absolute Gasteiger partial charge is 0.316 e. The van der Waals surface area contributed by atoms with Gasteiger partial charge in [-0.15, -0.1) is 0 Å². The van der Waals surface area contributed by atoms with E-state index in [2.05, 4.69) is 20.7 Å². The van der Waals surface area contributed by atoms with Gasteiger partial charge in [-0.1, -0.05) is 12.1 Å². The van der Waals surface area contributed by atoms with Crippen LogP contribution in [0.5, 0.6) is 0 Å². The minimum Gasteiger partial charge on any atom is -0.351 e. The van der Waals surface area contributed by atoms with Gasteiger partial charge in [0.05, 0.1) is 17.5 Å². The largest absolute Gasteiger partial charge is 0.351 e. The maximum Gasteiger partial charge on any atom is 0.316 e. The lowest BCUT2D eigenvalue weighted by atomic mass is 10.1. The summed E-state index contributed by atoms with van der Waals surface area (Å²) in [7, 11) is 0. The average Bonchev–Trinajstić information content (AvgIpc) is 3.02. The molecule has 0 aliphatic carbocycles. The van der Waals surface area contributed by atoms with E-state index in [1.807, 2.05) is 43.7 Å². The van der Waals surface area contributed by atoms with Crippen LogP contribution in [0.3, 0.4) is 0 Å². The maximum atomic E-state index is 12.6. The van der Waals surface area contributed by atoms with Gasteiger partial charge in [-0.2, -0.15) is 5.10 Å². The number of pyridine rings is 1. The Morgan fingerprint density at radius 1 is 1.22 bits per heavy atom. The van der Waals surface area contributed by atoms with E-state index in [0.29, 0.717) is 23.5 Å². The summed E-state index contributed by atoms with van der Waals surface area (Å²) in [5, 5.41) is 10.6. The summed E-state index contributed by atoms with van der Waals surface area (Å²) < 4.78 is 1.84. The van der Waals surface area contributed by atoms with Crippen LogP contribution in [0.4, 0.5) is 10.5 Å². The van der Waals surface area contributed by atoms with Gasteiger partial charge in [0.2, 0.25) is 0 Å². The van der Waals surface area contributed by atoms with Crippen LogP contribution < -0.4 is 16.4 Å². The number of nitrogens with one attached hydrogen (secondary N) is 2. The SMILES string of the molecule is Cc1nc2c(cnn2C(C)C)cc1C(=O)NCc1ccc(NC(N)=O)cc1. The molecule has 0 atom stereocenters. The van der Waals surface area contributed by atoms with Crippen LogP contribution in [0.2, 0.25) is 0 Å². The number of hydrogen-bond donors (Lipinski definition) is 3. The van der Waals surface area contributed by atoms with E-state index in [0.717, 1.165) is 16.6 Å². The van der Waals surface area contributed by atoms with Crippen molar-refractivity contribution in [3.8, 4) is 0 Å². The number of nitrogens with two attached hydrogens (primary N) is 1. The topological polar surface area (TPSA) is 115 Å². The molecule has 0 aliphatic heterocycles. The second-order valence-electron chi connectivity index (χ2n) is 6.59. The van der Waals surface area contributed by atoms with Gasteiger partial charge in [-0.25, -0.2) is 14.5 Å². The van der Waals surface area contributed by atoms with Crippen molar-refractivity contribution >= 4 is 28.7 Å². The number of aromatic nitrogens is 3. The average molecular weight is 366 g/mol. The third-order valence-electron chi connectivity index (χ3n) is 4.17. The van der Waals surface area contributed by atoms with Crippen LogP contribution >= 0.6 is 0 Å². The van der Waals surface area contributed by atoms with Gasteiger partial charge in [0.15, 0.2) is 5.65 Å². The Morgan fingerprint density at radius 2 is 1.93 bits per heavy atom. The Kier molecular flexibility index (Phi) is 5.07. The fourth-order valence-corrected chi connectivity index (χ4v) is 2.80. The van der Waals surface area contributed by atoms with Crippen LogP contribution in [-0.4, -0.2) is 26.7 Å². The molecule has 0 spiro atoms. The number of fused-ring (bicyclic) bond motifs is 1. The first-order valence-electron chi connectivity index (χ1n) is 8.63. The van der Waals surface area contributed by atoms with Gasteiger partial charge in [-0.3, -0.25) is 4.79 Å². The molecule has 8 heteroatoms. The molecule has 0 bridgehead atoms. The predicted octanol–water partition coefficient (Wildman–Crippen LogP) is 2.74. The van der Waals surface area contributed by atoms with E-state index in [-0.39, 0.29) is 11.9 Å². The molecule has 0 fully saturated rings. The van der Waals surface area contributed by atoms with Crippen molar-refractivity contribution in [2.75, 3.05) is 5.32 Å². The van der Waals surface area contributed by atoms with Crippen LogP contribution in [0.1, 0.15) is 41.5 Å². The van der Waals surface area contributed by atoms with Crippen molar-refractivity contribution in [1.82, 2.24) is 20.1 Å². The van der Waals surface area contributed by atoms with Crippen LogP contribution in [-0.2, 0) is 6.54 Å². The fraction of sp³-hybridized carbons (Fsp3) is 0.263. The molecule has 0 saturated heterocycles. The van der Waals surface area contributed by atoms with E-state index in [4.69, 9.17) is 5.73 Å². The van der Waals surface area contributed by atoms with Gasteiger partial charge in [-0.05, 0) is 44.5 Å². The number of amides is 3. The fourth-order valence-electron chi connectivity index (χ4n) is 2.80. The van der Waals surface area contributed by atoms with Gasteiger partial charge >= 0.3 is 6.03 Å². The number of primary amides is 1. The number of nitrogens with zero attached hydrogens (tertiary/aromatic N) is 3. The second-order valence-corrected chi connectivity index (χ2v) is 6.59. The Balaban J connectivity index is 1.72. The molecule has 0 unspecified atom stereocenters. The summed E-state index contributed by atoms with van der Waals surface area (Å²) in [6.07, 6.45) is 1.73. The van der Waals surface area contributed by atoms with E-state index in [1.54, 1.807) is 18.3 Å². The zero-order valence-electron chi connectivity index (χ0n) is 15.5. The number of anilines is 1. The zero-order valence-corrected chi connectivity index (χ0v) is 15.5. The predicted molar refractivity (Wildman–Crippen MR) is 103 cm³/mol. The zero-order chi connectivity index (χ0) is 19.6. The molecular formula is C19H22N6O2. The molecule has 2 aromatic heterocycles. The first-order chi connectivity index (χ1) is 12.8. The molecule has 3 aromatic rings. The number of benzene rings is 1. The number of aryl methyl sites for hydroxylation is 1. The molecule has 27 heavy (non-hydrogen) atoms. The molecule has 0 radical (unpaired) electrons. The summed E-state index contributed by atoms with van der Waals surface area (Å²) in [6, 6.07) is 8.48. The number of hydrogen-bond acceptors (Lipinski definition) is 4. The van der Waals surface area contributed by atoms with Crippen LogP contribution in [0.25, 0.3) is 11.0 Å². The highest BCUT2D eigenvalue weighted by molar-refractivity contribution is 5.98. The molecule has 4 N–H and O–H groups in total. The Labute approximate surface area is 156 Å². The summed E-state index contributed by atoms with van der Waals surface area (Å²) >= 11 is 0. The van der Waals surface area contributed by atoms with E-state index in [9.17, 15) is 9.59 Å². The van der Waals surface area contributed by atoms with Gasteiger partial charge < -0.3 is 16.4 Å². The summed E-state index contributed by atoms with van der Waals surface area (Å²) in [4.78, 5) is 28.0. The molecule has 1 aromatic carbocycles.